The predicted octanol–water partition coefficient (Wildman–Crippen LogP) is 3.69. The molecule has 1 heterocycles. The fraction of sp³-hybridized carbons (Fsp3) is 0.333. The summed E-state index contributed by atoms with van der Waals surface area (Å²) in [5.74, 6) is 0.102. The largest absolute Gasteiger partial charge is 0.276 e. The smallest absolute Gasteiger partial charge is 0.242 e. The normalized spacial score (nSPS) is 17.5. The molecular weight excluding hydrogens is 260 g/mol. The number of benzene rings is 1. The van der Waals surface area contributed by atoms with Crippen molar-refractivity contribution in [2.75, 3.05) is 0 Å². The number of halogens is 1. The van der Waals surface area contributed by atoms with Gasteiger partial charge in [-0.1, -0.05) is 36.6 Å². The molecule has 0 amide bonds. The van der Waals surface area contributed by atoms with Crippen LogP contribution in [0.3, 0.4) is 0 Å². The number of hydrogen-bond acceptors (Lipinski definition) is 2. The van der Waals surface area contributed by atoms with Crippen LogP contribution in [0.1, 0.15) is 36.0 Å². The van der Waals surface area contributed by atoms with E-state index in [2.05, 4.69) is 4.98 Å². The van der Waals surface area contributed by atoms with Crippen molar-refractivity contribution in [3.05, 3.63) is 53.6 Å². The maximum atomic E-state index is 12.8. The van der Waals surface area contributed by atoms with Crippen molar-refractivity contribution in [1.29, 1.82) is 0 Å². The molecule has 2 aromatic rings. The summed E-state index contributed by atoms with van der Waals surface area (Å²) in [7, 11) is 0. The molecule has 1 saturated carbocycles. The lowest BCUT2D eigenvalue weighted by atomic mass is 9.78. The summed E-state index contributed by atoms with van der Waals surface area (Å²) in [5, 5.41) is 0.683. The fourth-order valence-electron chi connectivity index (χ4n) is 3.02. The van der Waals surface area contributed by atoms with Crippen molar-refractivity contribution in [2.24, 2.45) is 0 Å². The van der Waals surface area contributed by atoms with Crippen LogP contribution >= 0.6 is 11.6 Å². The highest BCUT2D eigenvalue weighted by atomic mass is 35.5. The van der Waals surface area contributed by atoms with Crippen LogP contribution in [0.4, 0.5) is 0 Å². The molecule has 4 heteroatoms. The molecule has 0 aliphatic heterocycles. The summed E-state index contributed by atoms with van der Waals surface area (Å²) in [6.45, 7) is 0. The van der Waals surface area contributed by atoms with Gasteiger partial charge in [-0.05, 0) is 30.5 Å². The number of carbonyl (C=O) groups is 1. The Hall–Kier alpha value is -1.61. The average molecular weight is 275 g/mol. The van der Waals surface area contributed by atoms with E-state index in [4.69, 9.17) is 11.6 Å². The highest BCUT2D eigenvalue weighted by Crippen LogP contribution is 2.42. The quantitative estimate of drug-likeness (QED) is 0.837. The molecule has 0 radical (unpaired) electrons. The van der Waals surface area contributed by atoms with E-state index in [9.17, 15) is 4.79 Å². The van der Waals surface area contributed by atoms with Crippen LogP contribution in [-0.2, 0) is 5.41 Å². The zero-order valence-electron chi connectivity index (χ0n) is 10.6. The second-order valence-electron chi connectivity index (χ2n) is 5.07. The van der Waals surface area contributed by atoms with E-state index in [0.717, 1.165) is 31.2 Å². The van der Waals surface area contributed by atoms with E-state index in [1.807, 2.05) is 24.3 Å². The molecule has 1 aromatic carbocycles. The molecule has 3 rings (SSSR count). The molecule has 0 atom stereocenters. The molecule has 1 aromatic heterocycles. The zero-order chi connectivity index (χ0) is 13.3. The van der Waals surface area contributed by atoms with Crippen molar-refractivity contribution >= 4 is 17.5 Å². The van der Waals surface area contributed by atoms with Gasteiger partial charge in [-0.15, -0.1) is 0 Å². The molecule has 1 fully saturated rings. The number of carbonyl (C=O) groups excluding carboxylic acids is 1. The SMILES string of the molecule is O=C(n1ccnc1)C1(c2cccc(Cl)c2)CCCC1. The van der Waals surface area contributed by atoms with Crippen molar-refractivity contribution in [3.8, 4) is 0 Å². The third-order valence-electron chi connectivity index (χ3n) is 3.98. The van der Waals surface area contributed by atoms with E-state index in [1.54, 1.807) is 23.3 Å². The third kappa shape index (κ3) is 2.08. The van der Waals surface area contributed by atoms with Crippen LogP contribution in [0.5, 0.6) is 0 Å². The topological polar surface area (TPSA) is 34.9 Å². The minimum absolute atomic E-state index is 0.102. The number of nitrogens with zero attached hydrogens (tertiary/aromatic N) is 2. The molecule has 19 heavy (non-hydrogen) atoms. The Kier molecular flexibility index (Phi) is 3.15. The van der Waals surface area contributed by atoms with Gasteiger partial charge in [-0.25, -0.2) is 4.98 Å². The monoisotopic (exact) mass is 274 g/mol. The zero-order valence-corrected chi connectivity index (χ0v) is 11.3. The van der Waals surface area contributed by atoms with Crippen molar-refractivity contribution in [2.45, 2.75) is 31.1 Å². The lowest BCUT2D eigenvalue weighted by Gasteiger charge is -2.28. The summed E-state index contributed by atoms with van der Waals surface area (Å²) in [4.78, 5) is 16.8. The van der Waals surface area contributed by atoms with Gasteiger partial charge in [0.15, 0.2) is 0 Å². The van der Waals surface area contributed by atoms with Gasteiger partial charge in [0.1, 0.15) is 6.33 Å². The molecule has 0 bridgehead atoms. The Labute approximate surface area is 117 Å². The van der Waals surface area contributed by atoms with Gasteiger partial charge in [0, 0.05) is 17.4 Å². The molecular formula is C15H15ClN2O. The Morgan fingerprint density at radius 2 is 2.11 bits per heavy atom. The van der Waals surface area contributed by atoms with Gasteiger partial charge in [0.05, 0.1) is 5.41 Å². The molecule has 0 N–H and O–H groups in total. The van der Waals surface area contributed by atoms with Crippen molar-refractivity contribution in [3.63, 3.8) is 0 Å². The molecule has 0 spiro atoms. The van der Waals surface area contributed by atoms with Gasteiger partial charge in [0.2, 0.25) is 5.91 Å². The van der Waals surface area contributed by atoms with Gasteiger partial charge in [-0.3, -0.25) is 9.36 Å². The van der Waals surface area contributed by atoms with E-state index < -0.39 is 5.41 Å². The molecule has 1 aliphatic rings. The Bertz CT molecular complexity index is 586. The second-order valence-corrected chi connectivity index (χ2v) is 5.51. The first-order valence-electron chi connectivity index (χ1n) is 6.51. The lowest BCUT2D eigenvalue weighted by Crippen LogP contribution is -2.36. The Morgan fingerprint density at radius 3 is 2.74 bits per heavy atom. The van der Waals surface area contributed by atoms with Crippen LogP contribution in [0, 0.1) is 0 Å². The lowest BCUT2D eigenvalue weighted by molar-refractivity contribution is 0.0797. The van der Waals surface area contributed by atoms with Gasteiger partial charge in [0.25, 0.3) is 0 Å². The van der Waals surface area contributed by atoms with E-state index >= 15 is 0 Å². The standard InChI is InChI=1S/C15H15ClN2O/c16-13-5-3-4-12(10-13)15(6-1-2-7-15)14(19)18-9-8-17-11-18/h3-5,8-11H,1-2,6-7H2. The summed E-state index contributed by atoms with van der Waals surface area (Å²) in [6.07, 6.45) is 8.84. The number of aromatic nitrogens is 2. The predicted molar refractivity (Wildman–Crippen MR) is 74.5 cm³/mol. The first kappa shape index (κ1) is 12.4. The van der Waals surface area contributed by atoms with Crippen LogP contribution < -0.4 is 0 Å². The van der Waals surface area contributed by atoms with Crippen LogP contribution in [0.25, 0.3) is 0 Å². The van der Waals surface area contributed by atoms with E-state index in [-0.39, 0.29) is 5.91 Å². The molecule has 98 valence electrons. The summed E-state index contributed by atoms with van der Waals surface area (Å²) in [6, 6.07) is 7.68. The summed E-state index contributed by atoms with van der Waals surface area (Å²) < 4.78 is 1.59. The summed E-state index contributed by atoms with van der Waals surface area (Å²) >= 11 is 6.08. The second kappa shape index (κ2) is 4.82. The molecule has 0 saturated heterocycles. The Morgan fingerprint density at radius 1 is 1.32 bits per heavy atom. The highest BCUT2D eigenvalue weighted by molar-refractivity contribution is 6.30. The molecule has 1 aliphatic carbocycles. The van der Waals surface area contributed by atoms with Gasteiger partial charge < -0.3 is 0 Å². The van der Waals surface area contributed by atoms with Gasteiger partial charge in [-0.2, -0.15) is 0 Å². The average Bonchev–Trinajstić information content (AvgIpc) is 3.10. The minimum Gasteiger partial charge on any atom is -0.276 e. The van der Waals surface area contributed by atoms with Crippen molar-refractivity contribution < 1.29 is 4.79 Å². The highest BCUT2D eigenvalue weighted by Gasteiger charge is 2.43. The van der Waals surface area contributed by atoms with Crippen LogP contribution in [0.2, 0.25) is 5.02 Å². The van der Waals surface area contributed by atoms with E-state index in [0.29, 0.717) is 5.02 Å². The summed E-state index contributed by atoms with van der Waals surface area (Å²) in [5.41, 5.74) is 0.585. The van der Waals surface area contributed by atoms with Crippen LogP contribution in [-0.4, -0.2) is 15.5 Å². The maximum absolute atomic E-state index is 12.8. The van der Waals surface area contributed by atoms with Crippen molar-refractivity contribution in [1.82, 2.24) is 9.55 Å². The number of rotatable bonds is 2. The first-order valence-corrected chi connectivity index (χ1v) is 6.89. The third-order valence-corrected chi connectivity index (χ3v) is 4.22. The molecule has 0 unspecified atom stereocenters. The number of imidazole rings is 1. The fourth-order valence-corrected chi connectivity index (χ4v) is 3.21. The minimum atomic E-state index is -0.439. The maximum Gasteiger partial charge on any atom is 0.242 e. The molecule has 3 nitrogen and oxygen atoms in total. The van der Waals surface area contributed by atoms with Crippen LogP contribution in [0.15, 0.2) is 43.0 Å². The van der Waals surface area contributed by atoms with E-state index in [1.165, 1.54) is 0 Å². The first-order chi connectivity index (χ1) is 9.22. The Balaban J connectivity index is 2.07. The van der Waals surface area contributed by atoms with Gasteiger partial charge >= 0.3 is 0 Å². The number of hydrogen-bond donors (Lipinski definition) is 0.